The number of carboxylic acid groups (broad SMARTS) is 2. The minimum absolute atomic E-state index is 0.0611. The fraction of sp³-hybridized carbons (Fsp3) is 0.250. The van der Waals surface area contributed by atoms with Gasteiger partial charge in [0.15, 0.2) is 0 Å². The number of nitrogens with zero attached hydrogens (tertiary/aromatic N) is 1. The van der Waals surface area contributed by atoms with Gasteiger partial charge in [0.1, 0.15) is 11.5 Å². The summed E-state index contributed by atoms with van der Waals surface area (Å²) >= 11 is 5.97. The molecule has 7 nitrogen and oxygen atoms in total. The van der Waals surface area contributed by atoms with Crippen LogP contribution in [-0.2, 0) is 22.6 Å². The van der Waals surface area contributed by atoms with Crippen LogP contribution in [0.15, 0.2) is 72.9 Å². The standard InChI is InChI=1S/C32H32ClNO6/c33-26-7-4-8-28(21-26)40-19-2-1-18-39-27-15-12-23(13-16-27)11-14-24-6-3-9-29-32(24)25(20-31(37)38)22-34(29)17-5-10-30(35)36/h3-4,6-9,11-16,21-22H,1-2,5,10,17-20H2,(H,35,36)(H,37,38)/b14-11+. The van der Waals surface area contributed by atoms with Crippen LogP contribution in [0.2, 0.25) is 5.02 Å². The molecule has 1 heterocycles. The van der Waals surface area contributed by atoms with Gasteiger partial charge in [-0.15, -0.1) is 0 Å². The molecule has 208 valence electrons. The van der Waals surface area contributed by atoms with Crippen LogP contribution < -0.4 is 9.47 Å². The third-order valence-corrected chi connectivity index (χ3v) is 6.59. The lowest BCUT2D eigenvalue weighted by atomic mass is 10.0. The molecule has 0 saturated carbocycles. The second-order valence-corrected chi connectivity index (χ2v) is 9.86. The first-order valence-electron chi connectivity index (χ1n) is 13.2. The van der Waals surface area contributed by atoms with Gasteiger partial charge in [0, 0.05) is 35.1 Å². The lowest BCUT2D eigenvalue weighted by molar-refractivity contribution is -0.137. The molecule has 0 atom stereocenters. The van der Waals surface area contributed by atoms with Crippen molar-refractivity contribution in [3.63, 3.8) is 0 Å². The molecule has 0 bridgehead atoms. The van der Waals surface area contributed by atoms with E-state index in [0.717, 1.165) is 46.4 Å². The predicted molar refractivity (Wildman–Crippen MR) is 157 cm³/mol. The Kier molecular flexibility index (Phi) is 10.2. The third-order valence-electron chi connectivity index (χ3n) is 6.36. The van der Waals surface area contributed by atoms with Crippen molar-refractivity contribution in [3.8, 4) is 11.5 Å². The van der Waals surface area contributed by atoms with Crippen LogP contribution in [0.1, 0.15) is 42.4 Å². The van der Waals surface area contributed by atoms with Gasteiger partial charge in [-0.2, -0.15) is 0 Å². The SMILES string of the molecule is O=C(O)CCCn1cc(CC(=O)O)c2c(/C=C/c3ccc(OCCCCOc4cccc(Cl)c4)cc3)cccc21. The first kappa shape index (κ1) is 28.8. The van der Waals surface area contributed by atoms with Crippen LogP contribution in [0, 0.1) is 0 Å². The summed E-state index contributed by atoms with van der Waals surface area (Å²) in [6.07, 6.45) is 7.94. The highest BCUT2D eigenvalue weighted by molar-refractivity contribution is 6.30. The summed E-state index contributed by atoms with van der Waals surface area (Å²) in [5.41, 5.74) is 3.50. The molecule has 0 spiro atoms. The average Bonchev–Trinajstić information content (AvgIpc) is 3.27. The fourth-order valence-corrected chi connectivity index (χ4v) is 4.67. The molecule has 8 heteroatoms. The molecule has 0 aliphatic rings. The quantitative estimate of drug-likeness (QED) is 0.118. The van der Waals surface area contributed by atoms with Gasteiger partial charge in [0.25, 0.3) is 0 Å². The number of carboxylic acids is 2. The highest BCUT2D eigenvalue weighted by atomic mass is 35.5. The number of unbranched alkanes of at least 4 members (excludes halogenated alkanes) is 1. The van der Waals surface area contributed by atoms with Crippen molar-refractivity contribution in [1.82, 2.24) is 4.57 Å². The largest absolute Gasteiger partial charge is 0.494 e. The molecule has 40 heavy (non-hydrogen) atoms. The third kappa shape index (κ3) is 8.38. The van der Waals surface area contributed by atoms with Gasteiger partial charge in [-0.3, -0.25) is 9.59 Å². The number of benzene rings is 3. The lowest BCUT2D eigenvalue weighted by Gasteiger charge is -2.08. The van der Waals surface area contributed by atoms with Crippen molar-refractivity contribution in [3.05, 3.63) is 94.6 Å². The van der Waals surface area contributed by atoms with Crippen LogP contribution in [0.4, 0.5) is 0 Å². The van der Waals surface area contributed by atoms with E-state index in [1.54, 1.807) is 6.07 Å². The van der Waals surface area contributed by atoms with E-state index in [1.165, 1.54) is 0 Å². The van der Waals surface area contributed by atoms with E-state index in [9.17, 15) is 14.7 Å². The minimum Gasteiger partial charge on any atom is -0.494 e. The number of aromatic nitrogens is 1. The zero-order chi connectivity index (χ0) is 28.3. The Morgan fingerprint density at radius 2 is 1.55 bits per heavy atom. The summed E-state index contributed by atoms with van der Waals surface area (Å²) in [6, 6.07) is 21.0. The number of aliphatic carboxylic acids is 2. The maximum atomic E-state index is 11.5. The second kappa shape index (κ2) is 14.2. The lowest BCUT2D eigenvalue weighted by Crippen LogP contribution is -2.02. The Balaban J connectivity index is 1.34. The van der Waals surface area contributed by atoms with Crippen molar-refractivity contribution < 1.29 is 29.3 Å². The summed E-state index contributed by atoms with van der Waals surface area (Å²) in [5, 5.41) is 19.9. The summed E-state index contributed by atoms with van der Waals surface area (Å²) in [7, 11) is 0. The molecule has 1 aromatic heterocycles. The normalized spacial score (nSPS) is 11.2. The Labute approximate surface area is 238 Å². The summed E-state index contributed by atoms with van der Waals surface area (Å²) in [6.45, 7) is 1.69. The van der Waals surface area contributed by atoms with Gasteiger partial charge in [-0.1, -0.05) is 54.1 Å². The summed E-state index contributed by atoms with van der Waals surface area (Å²) < 4.78 is 13.5. The van der Waals surface area contributed by atoms with Gasteiger partial charge < -0.3 is 24.3 Å². The monoisotopic (exact) mass is 561 g/mol. The Bertz CT molecular complexity index is 1470. The number of rotatable bonds is 15. The van der Waals surface area contributed by atoms with Gasteiger partial charge in [0.2, 0.25) is 0 Å². The molecular weight excluding hydrogens is 530 g/mol. The molecule has 0 saturated heterocycles. The molecule has 4 aromatic rings. The van der Waals surface area contributed by atoms with Crippen molar-refractivity contribution >= 4 is 46.6 Å². The fourth-order valence-electron chi connectivity index (χ4n) is 4.49. The summed E-state index contributed by atoms with van der Waals surface area (Å²) in [4.78, 5) is 22.4. The predicted octanol–water partition coefficient (Wildman–Crippen LogP) is 7.20. The zero-order valence-corrected chi connectivity index (χ0v) is 22.8. The van der Waals surface area contributed by atoms with Crippen LogP contribution in [0.3, 0.4) is 0 Å². The molecule has 2 N–H and O–H groups in total. The average molecular weight is 562 g/mol. The van der Waals surface area contributed by atoms with E-state index in [-0.39, 0.29) is 12.8 Å². The number of hydrogen-bond donors (Lipinski definition) is 2. The zero-order valence-electron chi connectivity index (χ0n) is 22.1. The van der Waals surface area contributed by atoms with Gasteiger partial charge in [-0.25, -0.2) is 0 Å². The molecule has 0 aliphatic heterocycles. The van der Waals surface area contributed by atoms with Crippen LogP contribution in [0.25, 0.3) is 23.1 Å². The van der Waals surface area contributed by atoms with E-state index in [4.69, 9.17) is 26.2 Å². The van der Waals surface area contributed by atoms with Gasteiger partial charge in [-0.05, 0) is 72.4 Å². The van der Waals surface area contributed by atoms with Crippen LogP contribution >= 0.6 is 11.6 Å². The topological polar surface area (TPSA) is 98.0 Å². The van der Waals surface area contributed by atoms with Crippen molar-refractivity contribution in [2.24, 2.45) is 0 Å². The Hall–Kier alpha value is -4.23. The minimum atomic E-state index is -0.910. The molecule has 0 unspecified atom stereocenters. The smallest absolute Gasteiger partial charge is 0.307 e. The van der Waals surface area contributed by atoms with Crippen LogP contribution in [-0.4, -0.2) is 39.9 Å². The first-order chi connectivity index (χ1) is 19.4. The van der Waals surface area contributed by atoms with Crippen molar-refractivity contribution in [2.75, 3.05) is 13.2 Å². The Morgan fingerprint density at radius 1 is 0.825 bits per heavy atom. The van der Waals surface area contributed by atoms with Gasteiger partial charge in [0.05, 0.1) is 19.6 Å². The second-order valence-electron chi connectivity index (χ2n) is 9.42. The van der Waals surface area contributed by atoms with E-state index in [2.05, 4.69) is 0 Å². The molecule has 0 amide bonds. The van der Waals surface area contributed by atoms with E-state index in [0.29, 0.717) is 36.8 Å². The highest BCUT2D eigenvalue weighted by Crippen LogP contribution is 2.28. The highest BCUT2D eigenvalue weighted by Gasteiger charge is 2.14. The summed E-state index contributed by atoms with van der Waals surface area (Å²) in [5.74, 6) is -0.203. The van der Waals surface area contributed by atoms with E-state index < -0.39 is 11.9 Å². The molecule has 0 aliphatic carbocycles. The maximum Gasteiger partial charge on any atom is 0.307 e. The number of fused-ring (bicyclic) bond motifs is 1. The molecular formula is C32H32ClNO6. The number of hydrogen-bond acceptors (Lipinski definition) is 4. The number of aryl methyl sites for hydroxylation is 1. The first-order valence-corrected chi connectivity index (χ1v) is 13.6. The van der Waals surface area contributed by atoms with Crippen molar-refractivity contribution in [2.45, 2.75) is 38.6 Å². The van der Waals surface area contributed by atoms with Gasteiger partial charge >= 0.3 is 11.9 Å². The number of halogens is 1. The van der Waals surface area contributed by atoms with Crippen LogP contribution in [0.5, 0.6) is 11.5 Å². The molecule has 3 aromatic carbocycles. The number of carbonyl (C=O) groups is 2. The van der Waals surface area contributed by atoms with E-state index in [1.807, 2.05) is 83.6 Å². The van der Waals surface area contributed by atoms with E-state index >= 15 is 0 Å². The molecule has 0 radical (unpaired) electrons. The van der Waals surface area contributed by atoms with Crippen molar-refractivity contribution in [1.29, 1.82) is 0 Å². The maximum absolute atomic E-state index is 11.5. The number of ether oxygens (including phenoxy) is 2. The Morgan fingerprint density at radius 3 is 2.25 bits per heavy atom. The molecule has 0 fully saturated rings. The molecule has 4 rings (SSSR count).